The summed E-state index contributed by atoms with van der Waals surface area (Å²) in [4.78, 5) is 13.2. The second-order valence-corrected chi connectivity index (χ2v) is 10.4. The predicted octanol–water partition coefficient (Wildman–Crippen LogP) is 5.82. The number of sulfonamides is 1. The number of rotatable bonds is 6. The van der Waals surface area contributed by atoms with Crippen molar-refractivity contribution in [1.29, 1.82) is 0 Å². The molecule has 1 fully saturated rings. The van der Waals surface area contributed by atoms with Gasteiger partial charge in [-0.1, -0.05) is 47.9 Å². The Balaban J connectivity index is 1.58. The molecular weight excluding hydrogens is 458 g/mol. The van der Waals surface area contributed by atoms with E-state index >= 15 is 0 Å². The van der Waals surface area contributed by atoms with Crippen LogP contribution in [0.25, 0.3) is 0 Å². The molecule has 0 atom stereocenters. The minimum absolute atomic E-state index is 0.0741. The number of aryl methyl sites for hydroxylation is 1. The molecule has 0 aliphatic carbocycles. The number of anilines is 3. The average molecular weight is 484 g/mol. The average Bonchev–Trinajstić information content (AvgIpc) is 2.82. The topological polar surface area (TPSA) is 78.5 Å². The third kappa shape index (κ3) is 5.38. The summed E-state index contributed by atoms with van der Waals surface area (Å²) in [5.74, 6) is -0.478. The van der Waals surface area contributed by atoms with E-state index in [-0.39, 0.29) is 15.5 Å². The zero-order valence-electron chi connectivity index (χ0n) is 18.3. The van der Waals surface area contributed by atoms with Crippen molar-refractivity contribution in [3.05, 3.63) is 82.9 Å². The van der Waals surface area contributed by atoms with Crippen LogP contribution >= 0.6 is 11.6 Å². The maximum Gasteiger partial charge on any atom is 0.257 e. The molecule has 0 unspecified atom stereocenters. The van der Waals surface area contributed by atoms with Crippen LogP contribution in [0.1, 0.15) is 35.2 Å². The van der Waals surface area contributed by atoms with Gasteiger partial charge in [0.05, 0.1) is 26.9 Å². The third-order valence-electron chi connectivity index (χ3n) is 5.64. The minimum Gasteiger partial charge on any atom is -0.354 e. The molecule has 1 aliphatic rings. The highest BCUT2D eigenvalue weighted by Gasteiger charge is 2.27. The van der Waals surface area contributed by atoms with Crippen LogP contribution in [0.4, 0.5) is 17.1 Å². The Kier molecular flexibility index (Phi) is 7.02. The SMILES string of the molecule is Cc1ccc(Nc2ccccc2NC(=O)c2cc(S(=O)(=O)N3CCCCC3)ccc2Cl)cc1. The first-order valence-corrected chi connectivity index (χ1v) is 12.7. The molecule has 33 heavy (non-hydrogen) atoms. The fraction of sp³-hybridized carbons (Fsp3) is 0.240. The summed E-state index contributed by atoms with van der Waals surface area (Å²) in [5.41, 5.74) is 3.41. The molecule has 4 rings (SSSR count). The van der Waals surface area contributed by atoms with Crippen molar-refractivity contribution >= 4 is 44.6 Å². The predicted molar refractivity (Wildman–Crippen MR) is 133 cm³/mol. The van der Waals surface area contributed by atoms with Gasteiger partial charge in [-0.05, 0) is 62.2 Å². The first-order chi connectivity index (χ1) is 15.8. The lowest BCUT2D eigenvalue weighted by Gasteiger charge is -2.26. The molecule has 0 spiro atoms. The van der Waals surface area contributed by atoms with Crippen molar-refractivity contribution in [2.75, 3.05) is 23.7 Å². The van der Waals surface area contributed by atoms with Crippen molar-refractivity contribution in [3.8, 4) is 0 Å². The van der Waals surface area contributed by atoms with Gasteiger partial charge in [0, 0.05) is 18.8 Å². The van der Waals surface area contributed by atoms with Gasteiger partial charge in [-0.15, -0.1) is 0 Å². The number of carbonyl (C=O) groups is 1. The van der Waals surface area contributed by atoms with E-state index in [1.165, 1.54) is 22.5 Å². The highest BCUT2D eigenvalue weighted by molar-refractivity contribution is 7.89. The Hall–Kier alpha value is -2.87. The summed E-state index contributed by atoms with van der Waals surface area (Å²) < 4.78 is 27.6. The highest BCUT2D eigenvalue weighted by atomic mass is 35.5. The van der Waals surface area contributed by atoms with Crippen molar-refractivity contribution in [2.24, 2.45) is 0 Å². The van der Waals surface area contributed by atoms with E-state index < -0.39 is 15.9 Å². The largest absolute Gasteiger partial charge is 0.354 e. The Morgan fingerprint density at radius 1 is 0.909 bits per heavy atom. The molecule has 1 heterocycles. The van der Waals surface area contributed by atoms with Crippen LogP contribution in [0.5, 0.6) is 0 Å². The molecule has 1 aliphatic heterocycles. The van der Waals surface area contributed by atoms with E-state index in [0.29, 0.717) is 24.5 Å². The van der Waals surface area contributed by atoms with E-state index in [1.54, 1.807) is 6.07 Å². The molecule has 3 aromatic rings. The van der Waals surface area contributed by atoms with Gasteiger partial charge in [-0.2, -0.15) is 4.31 Å². The molecular formula is C25H26ClN3O3S. The first-order valence-electron chi connectivity index (χ1n) is 10.9. The Bertz CT molecular complexity index is 1250. The van der Waals surface area contributed by atoms with Crippen LogP contribution in [0.3, 0.4) is 0 Å². The van der Waals surface area contributed by atoms with Gasteiger partial charge in [-0.3, -0.25) is 4.79 Å². The summed E-state index contributed by atoms with van der Waals surface area (Å²) in [6.07, 6.45) is 2.70. The molecule has 0 aromatic heterocycles. The molecule has 3 aromatic carbocycles. The summed E-state index contributed by atoms with van der Waals surface area (Å²) in [6, 6.07) is 19.5. The van der Waals surface area contributed by atoms with E-state index in [4.69, 9.17) is 11.6 Å². The number of hydrogen-bond acceptors (Lipinski definition) is 4. The van der Waals surface area contributed by atoms with Crippen molar-refractivity contribution in [2.45, 2.75) is 31.1 Å². The number of halogens is 1. The number of para-hydroxylation sites is 2. The van der Waals surface area contributed by atoms with Gasteiger partial charge in [0.1, 0.15) is 0 Å². The normalized spacial score (nSPS) is 14.6. The molecule has 172 valence electrons. The minimum atomic E-state index is -3.68. The molecule has 1 amide bonds. The zero-order valence-corrected chi connectivity index (χ0v) is 19.9. The van der Waals surface area contributed by atoms with Crippen LogP contribution in [0, 0.1) is 6.92 Å². The summed E-state index contributed by atoms with van der Waals surface area (Å²) in [6.45, 7) is 3.00. The van der Waals surface area contributed by atoms with Crippen LogP contribution in [0.15, 0.2) is 71.6 Å². The second kappa shape index (κ2) is 9.95. The first kappa shape index (κ1) is 23.3. The van der Waals surface area contributed by atoms with Crippen molar-refractivity contribution in [1.82, 2.24) is 4.31 Å². The van der Waals surface area contributed by atoms with Gasteiger partial charge in [0.25, 0.3) is 5.91 Å². The van der Waals surface area contributed by atoms with Gasteiger partial charge in [0.15, 0.2) is 0 Å². The molecule has 0 bridgehead atoms. The fourth-order valence-electron chi connectivity index (χ4n) is 3.78. The monoisotopic (exact) mass is 483 g/mol. The van der Waals surface area contributed by atoms with Crippen LogP contribution in [0.2, 0.25) is 5.02 Å². The lowest BCUT2D eigenvalue weighted by molar-refractivity contribution is 0.102. The number of amides is 1. The number of piperidine rings is 1. The standard InChI is InChI=1S/C25H26ClN3O3S/c1-18-9-11-19(12-10-18)27-23-7-3-4-8-24(23)28-25(30)21-17-20(13-14-22(21)26)33(31,32)29-15-5-2-6-16-29/h3-4,7-14,17,27H,2,5-6,15-16H2,1H3,(H,28,30). The molecule has 2 N–H and O–H groups in total. The van der Waals surface area contributed by atoms with E-state index in [0.717, 1.165) is 30.5 Å². The number of benzene rings is 3. The number of nitrogens with zero attached hydrogens (tertiary/aromatic N) is 1. The fourth-order valence-corrected chi connectivity index (χ4v) is 5.52. The van der Waals surface area contributed by atoms with E-state index in [1.807, 2.05) is 49.4 Å². The van der Waals surface area contributed by atoms with Crippen LogP contribution < -0.4 is 10.6 Å². The maximum atomic E-state index is 13.1. The molecule has 8 heteroatoms. The van der Waals surface area contributed by atoms with E-state index in [9.17, 15) is 13.2 Å². The van der Waals surface area contributed by atoms with Crippen molar-refractivity contribution < 1.29 is 13.2 Å². The maximum absolute atomic E-state index is 13.1. The lowest BCUT2D eigenvalue weighted by atomic mass is 10.2. The lowest BCUT2D eigenvalue weighted by Crippen LogP contribution is -2.35. The Morgan fingerprint density at radius 3 is 2.27 bits per heavy atom. The number of nitrogens with one attached hydrogen (secondary N) is 2. The summed E-state index contributed by atoms with van der Waals surface area (Å²) >= 11 is 6.29. The molecule has 0 saturated carbocycles. The van der Waals surface area contributed by atoms with Gasteiger partial charge >= 0.3 is 0 Å². The smallest absolute Gasteiger partial charge is 0.257 e. The van der Waals surface area contributed by atoms with Gasteiger partial charge < -0.3 is 10.6 Å². The molecule has 0 radical (unpaired) electrons. The number of carbonyl (C=O) groups excluding carboxylic acids is 1. The van der Waals surface area contributed by atoms with Crippen LogP contribution in [-0.2, 0) is 10.0 Å². The van der Waals surface area contributed by atoms with Gasteiger partial charge in [0.2, 0.25) is 10.0 Å². The van der Waals surface area contributed by atoms with Crippen LogP contribution in [-0.4, -0.2) is 31.7 Å². The zero-order chi connectivity index (χ0) is 23.4. The molecule has 1 saturated heterocycles. The number of hydrogen-bond donors (Lipinski definition) is 2. The third-order valence-corrected chi connectivity index (χ3v) is 7.87. The van der Waals surface area contributed by atoms with Crippen molar-refractivity contribution in [3.63, 3.8) is 0 Å². The highest BCUT2D eigenvalue weighted by Crippen LogP contribution is 2.29. The quantitative estimate of drug-likeness (QED) is 0.463. The summed E-state index contributed by atoms with van der Waals surface area (Å²) in [7, 11) is -3.68. The Morgan fingerprint density at radius 2 is 1.58 bits per heavy atom. The van der Waals surface area contributed by atoms with Gasteiger partial charge in [-0.25, -0.2) is 8.42 Å². The van der Waals surface area contributed by atoms with E-state index in [2.05, 4.69) is 10.6 Å². The summed E-state index contributed by atoms with van der Waals surface area (Å²) in [5, 5.41) is 6.35. The second-order valence-electron chi connectivity index (χ2n) is 8.10. The molecule has 6 nitrogen and oxygen atoms in total. The Labute approximate surface area is 199 Å².